The van der Waals surface area contributed by atoms with Gasteiger partial charge in [0.2, 0.25) is 0 Å². The first-order valence-electron chi connectivity index (χ1n) is 10.2. The van der Waals surface area contributed by atoms with Crippen molar-refractivity contribution in [1.29, 1.82) is 0 Å². The average molecular weight is 474 g/mol. The highest BCUT2D eigenvalue weighted by Crippen LogP contribution is 2.30. The number of nitrogens with zero attached hydrogens (tertiary/aromatic N) is 2. The lowest BCUT2D eigenvalue weighted by molar-refractivity contribution is 0.0690. The Morgan fingerprint density at radius 3 is 2.59 bits per heavy atom. The van der Waals surface area contributed by atoms with Crippen LogP contribution in [0.25, 0.3) is 10.9 Å². The molecule has 2 N–H and O–H groups in total. The number of carboxylic acids is 1. The summed E-state index contributed by atoms with van der Waals surface area (Å²) in [7, 11) is -4.01. The molecule has 0 radical (unpaired) electrons. The predicted molar refractivity (Wildman–Crippen MR) is 127 cm³/mol. The Hall–Kier alpha value is -4.42. The third-order valence-electron chi connectivity index (χ3n) is 4.78. The molecule has 34 heavy (non-hydrogen) atoms. The number of fused-ring (bicyclic) bond motifs is 1. The molecule has 0 aliphatic heterocycles. The number of pyridine rings is 2. The van der Waals surface area contributed by atoms with Gasteiger partial charge in [-0.3, -0.25) is 9.71 Å². The van der Waals surface area contributed by atoms with Crippen LogP contribution < -0.4 is 9.46 Å². The number of rotatable bonds is 6. The van der Waals surface area contributed by atoms with Crippen molar-refractivity contribution in [3.05, 3.63) is 89.9 Å². The van der Waals surface area contributed by atoms with E-state index in [-0.39, 0.29) is 10.6 Å². The zero-order valence-corrected chi connectivity index (χ0v) is 18.8. The van der Waals surface area contributed by atoms with E-state index in [1.807, 2.05) is 6.92 Å². The molecule has 2 aromatic carbocycles. The smallest absolute Gasteiger partial charge is 0.354 e. The van der Waals surface area contributed by atoms with Crippen LogP contribution in [0.15, 0.2) is 78.0 Å². The summed E-state index contributed by atoms with van der Waals surface area (Å²) in [6.45, 7) is 2.29. The maximum Gasteiger partial charge on any atom is 0.354 e. The summed E-state index contributed by atoms with van der Waals surface area (Å²) in [5.41, 5.74) is 1.44. The molecule has 0 amide bonds. The zero-order valence-electron chi connectivity index (χ0n) is 18.0. The average Bonchev–Trinajstić information content (AvgIpc) is 2.83. The largest absolute Gasteiger partial charge is 0.493 e. The van der Waals surface area contributed by atoms with Gasteiger partial charge in [-0.1, -0.05) is 30.0 Å². The molecular weight excluding hydrogens is 454 g/mol. The van der Waals surface area contributed by atoms with Gasteiger partial charge in [0, 0.05) is 28.9 Å². The number of sulfonamides is 1. The fourth-order valence-corrected chi connectivity index (χ4v) is 4.49. The van der Waals surface area contributed by atoms with Gasteiger partial charge in [-0.25, -0.2) is 18.2 Å². The highest BCUT2D eigenvalue weighted by Gasteiger charge is 2.20. The van der Waals surface area contributed by atoms with Gasteiger partial charge in [-0.05, 0) is 49.4 Å². The predicted octanol–water partition coefficient (Wildman–Crippen LogP) is 3.93. The molecule has 0 unspecified atom stereocenters. The van der Waals surface area contributed by atoms with E-state index >= 15 is 0 Å². The number of benzene rings is 2. The third kappa shape index (κ3) is 4.82. The molecule has 4 aromatic rings. The van der Waals surface area contributed by atoms with Gasteiger partial charge in [-0.15, -0.1) is 0 Å². The van der Waals surface area contributed by atoms with Gasteiger partial charge in [0.15, 0.2) is 0 Å². The lowest BCUT2D eigenvalue weighted by atomic mass is 10.1. The van der Waals surface area contributed by atoms with Crippen molar-refractivity contribution < 1.29 is 23.1 Å². The van der Waals surface area contributed by atoms with Crippen LogP contribution in [-0.4, -0.2) is 36.1 Å². The molecule has 2 heterocycles. The lowest BCUT2D eigenvalue weighted by Gasteiger charge is -2.13. The van der Waals surface area contributed by atoms with Crippen molar-refractivity contribution in [2.45, 2.75) is 11.8 Å². The molecule has 0 saturated heterocycles. The van der Waals surface area contributed by atoms with Crippen LogP contribution in [0, 0.1) is 11.8 Å². The van der Waals surface area contributed by atoms with Crippen molar-refractivity contribution in [1.82, 2.24) is 9.97 Å². The van der Waals surface area contributed by atoms with E-state index in [1.54, 1.807) is 42.5 Å². The number of aromatic carboxylic acids is 1. The number of carbonyl (C=O) groups is 1. The van der Waals surface area contributed by atoms with Crippen molar-refractivity contribution in [3.8, 4) is 17.6 Å². The number of ether oxygens (including phenoxy) is 1. The summed E-state index contributed by atoms with van der Waals surface area (Å²) < 4.78 is 34.8. The molecule has 0 saturated carbocycles. The fraction of sp³-hybridized carbons (Fsp3) is 0.0800. The topological polar surface area (TPSA) is 118 Å². The van der Waals surface area contributed by atoms with E-state index in [9.17, 15) is 13.2 Å². The van der Waals surface area contributed by atoms with Gasteiger partial charge >= 0.3 is 5.97 Å². The molecule has 2 aromatic heterocycles. The van der Waals surface area contributed by atoms with Crippen LogP contribution in [-0.2, 0) is 10.0 Å². The van der Waals surface area contributed by atoms with Gasteiger partial charge in [0.25, 0.3) is 10.0 Å². The third-order valence-corrected chi connectivity index (χ3v) is 6.18. The van der Waals surface area contributed by atoms with Crippen LogP contribution in [0.1, 0.15) is 28.5 Å². The Labute approximate surface area is 196 Å². The molecule has 0 spiro atoms. The molecule has 8 nitrogen and oxygen atoms in total. The summed E-state index contributed by atoms with van der Waals surface area (Å²) in [6.07, 6.45) is 2.86. The second-order valence-electron chi connectivity index (χ2n) is 7.03. The minimum absolute atomic E-state index is 0.0165. The van der Waals surface area contributed by atoms with E-state index in [4.69, 9.17) is 9.84 Å². The highest BCUT2D eigenvalue weighted by atomic mass is 32.2. The Morgan fingerprint density at radius 1 is 1.03 bits per heavy atom. The summed E-state index contributed by atoms with van der Waals surface area (Å²) in [5.74, 6) is 5.22. The molecule has 0 atom stereocenters. The number of hydrogen-bond donors (Lipinski definition) is 2. The quantitative estimate of drug-likeness (QED) is 0.407. The van der Waals surface area contributed by atoms with E-state index < -0.39 is 16.0 Å². The van der Waals surface area contributed by atoms with Crippen LogP contribution in [0.2, 0.25) is 0 Å². The molecule has 9 heteroatoms. The van der Waals surface area contributed by atoms with Gasteiger partial charge in [0.1, 0.15) is 16.3 Å². The van der Waals surface area contributed by atoms with Crippen LogP contribution in [0.5, 0.6) is 5.75 Å². The monoisotopic (exact) mass is 473 g/mol. The Balaban J connectivity index is 1.68. The van der Waals surface area contributed by atoms with Gasteiger partial charge in [0.05, 0.1) is 17.8 Å². The minimum atomic E-state index is -4.01. The molecular formula is C25H19N3O5S. The minimum Gasteiger partial charge on any atom is -0.493 e. The Bertz CT molecular complexity index is 1540. The number of hydrogen-bond acceptors (Lipinski definition) is 6. The van der Waals surface area contributed by atoms with E-state index in [0.717, 1.165) is 0 Å². The molecule has 0 aliphatic carbocycles. The first-order chi connectivity index (χ1) is 16.4. The number of para-hydroxylation sites is 2. The summed E-state index contributed by atoms with van der Waals surface area (Å²) >= 11 is 0. The van der Waals surface area contributed by atoms with Crippen molar-refractivity contribution in [2.24, 2.45) is 0 Å². The van der Waals surface area contributed by atoms with Gasteiger partial charge in [-0.2, -0.15) is 0 Å². The summed E-state index contributed by atoms with van der Waals surface area (Å²) in [5, 5.41) is 9.55. The van der Waals surface area contributed by atoms with Crippen molar-refractivity contribution >= 4 is 32.6 Å². The molecule has 0 bridgehead atoms. The van der Waals surface area contributed by atoms with Gasteiger partial charge < -0.3 is 9.84 Å². The van der Waals surface area contributed by atoms with Crippen molar-refractivity contribution in [2.75, 3.05) is 11.3 Å². The Morgan fingerprint density at radius 2 is 1.85 bits per heavy atom. The fourth-order valence-electron chi connectivity index (χ4n) is 3.24. The first-order valence-corrected chi connectivity index (χ1v) is 11.7. The SMILES string of the molecule is CCOc1ccnc2c(S(=O)(=O)Nc3ccccc3C#Cc3ccc(C(=O)O)nc3)cccc12. The molecule has 0 aliphatic rings. The zero-order chi connectivity index (χ0) is 24.1. The summed E-state index contributed by atoms with van der Waals surface area (Å²) in [4.78, 5) is 19.1. The van der Waals surface area contributed by atoms with E-state index in [2.05, 4.69) is 26.5 Å². The van der Waals surface area contributed by atoms with Crippen molar-refractivity contribution in [3.63, 3.8) is 0 Å². The van der Waals surface area contributed by atoms with E-state index in [1.165, 1.54) is 30.6 Å². The highest BCUT2D eigenvalue weighted by molar-refractivity contribution is 7.93. The number of aromatic nitrogens is 2. The Kier molecular flexibility index (Phi) is 6.43. The van der Waals surface area contributed by atoms with Crippen LogP contribution >= 0.6 is 0 Å². The normalized spacial score (nSPS) is 10.9. The molecule has 0 fully saturated rings. The molecule has 4 rings (SSSR count). The summed E-state index contributed by atoms with van der Waals surface area (Å²) in [6, 6.07) is 16.2. The van der Waals surface area contributed by atoms with Crippen LogP contribution in [0.3, 0.4) is 0 Å². The second-order valence-corrected chi connectivity index (χ2v) is 8.68. The maximum atomic E-state index is 13.3. The van der Waals surface area contributed by atoms with Crippen LogP contribution in [0.4, 0.5) is 5.69 Å². The second kappa shape index (κ2) is 9.60. The lowest BCUT2D eigenvalue weighted by Crippen LogP contribution is -2.14. The standard InChI is InChI=1S/C25H19N3O5S/c1-2-33-22-14-15-26-24-19(22)7-5-9-23(24)34(31,32)28-20-8-4-3-6-18(20)12-10-17-11-13-21(25(29)30)27-16-17/h3-9,11,13-16,28H,2H2,1H3,(H,29,30). The van der Waals surface area contributed by atoms with E-state index in [0.29, 0.717) is 40.1 Å². The molecule has 170 valence electrons. The number of anilines is 1. The number of nitrogens with one attached hydrogen (secondary N) is 1. The first kappa shape index (κ1) is 22.8. The maximum absolute atomic E-state index is 13.3. The number of carboxylic acid groups (broad SMARTS) is 1.